The summed E-state index contributed by atoms with van der Waals surface area (Å²) in [6.07, 6.45) is -3.76. The molecule has 0 aliphatic carbocycles. The molecule has 0 amide bonds. The third kappa shape index (κ3) is 3.94. The van der Waals surface area contributed by atoms with Gasteiger partial charge in [-0.25, -0.2) is 4.79 Å². The van der Waals surface area contributed by atoms with Crippen molar-refractivity contribution in [1.82, 2.24) is 0 Å². The van der Waals surface area contributed by atoms with Gasteiger partial charge >= 0.3 is 12.1 Å². The van der Waals surface area contributed by atoms with E-state index in [-0.39, 0.29) is 12.0 Å². The molecule has 1 rings (SSSR count). The number of alkyl halides is 3. The van der Waals surface area contributed by atoms with Crippen LogP contribution in [-0.2, 0) is 17.4 Å². The van der Waals surface area contributed by atoms with E-state index in [1.54, 1.807) is 0 Å². The summed E-state index contributed by atoms with van der Waals surface area (Å²) in [6.45, 7) is 3.35. The predicted octanol–water partition coefficient (Wildman–Crippen LogP) is 3.28. The lowest BCUT2D eigenvalue weighted by molar-refractivity contribution is -0.137. The quantitative estimate of drug-likeness (QED) is 0.825. The van der Waals surface area contributed by atoms with Crippen LogP contribution in [0.1, 0.15) is 17.5 Å². The maximum atomic E-state index is 12.2. The molecular weight excluding hydrogens is 233 g/mol. The van der Waals surface area contributed by atoms with E-state index in [2.05, 4.69) is 6.58 Å². The zero-order chi connectivity index (χ0) is 13.1. The summed E-state index contributed by atoms with van der Waals surface area (Å²) in [5.41, 5.74) is -0.0105. The highest BCUT2D eigenvalue weighted by atomic mass is 19.4. The Morgan fingerprint density at radius 1 is 1.24 bits per heavy atom. The molecule has 1 aromatic rings. The van der Waals surface area contributed by atoms with Gasteiger partial charge in [0.15, 0.2) is 0 Å². The van der Waals surface area contributed by atoms with Crippen molar-refractivity contribution in [3.8, 4) is 0 Å². The first kappa shape index (κ1) is 13.3. The molecule has 92 valence electrons. The van der Waals surface area contributed by atoms with Crippen LogP contribution in [0.2, 0.25) is 0 Å². The first-order chi connectivity index (χ1) is 7.80. The van der Waals surface area contributed by atoms with Crippen molar-refractivity contribution in [2.45, 2.75) is 19.0 Å². The number of aliphatic carboxylic acids is 1. The molecule has 2 nitrogen and oxygen atoms in total. The van der Waals surface area contributed by atoms with Crippen LogP contribution in [0.3, 0.4) is 0 Å². The zero-order valence-electron chi connectivity index (χ0n) is 8.92. The number of aryl methyl sites for hydroxylation is 1. The first-order valence-corrected chi connectivity index (χ1v) is 4.88. The summed E-state index contributed by atoms with van der Waals surface area (Å²) < 4.78 is 36.7. The molecule has 17 heavy (non-hydrogen) atoms. The van der Waals surface area contributed by atoms with E-state index >= 15 is 0 Å². The van der Waals surface area contributed by atoms with Crippen LogP contribution < -0.4 is 0 Å². The second-order valence-corrected chi connectivity index (χ2v) is 3.60. The van der Waals surface area contributed by atoms with Gasteiger partial charge in [-0.3, -0.25) is 0 Å². The fourth-order valence-corrected chi connectivity index (χ4v) is 1.26. The van der Waals surface area contributed by atoms with Crippen LogP contribution in [0.5, 0.6) is 0 Å². The van der Waals surface area contributed by atoms with Crippen molar-refractivity contribution in [2.24, 2.45) is 0 Å². The van der Waals surface area contributed by atoms with E-state index < -0.39 is 17.7 Å². The maximum absolute atomic E-state index is 12.2. The second kappa shape index (κ2) is 5.03. The number of rotatable bonds is 4. The fourth-order valence-electron chi connectivity index (χ4n) is 1.26. The molecule has 0 aliphatic heterocycles. The number of hydrogen-bond donors (Lipinski definition) is 1. The van der Waals surface area contributed by atoms with Crippen molar-refractivity contribution in [3.05, 3.63) is 47.5 Å². The van der Waals surface area contributed by atoms with Crippen molar-refractivity contribution >= 4 is 5.97 Å². The third-order valence-electron chi connectivity index (χ3n) is 2.30. The zero-order valence-corrected chi connectivity index (χ0v) is 8.92. The van der Waals surface area contributed by atoms with E-state index in [1.165, 1.54) is 12.1 Å². The molecule has 0 aliphatic rings. The number of carboxylic acids is 1. The van der Waals surface area contributed by atoms with Crippen molar-refractivity contribution in [1.29, 1.82) is 0 Å². The van der Waals surface area contributed by atoms with Crippen molar-refractivity contribution in [2.75, 3.05) is 0 Å². The molecule has 5 heteroatoms. The molecule has 0 saturated heterocycles. The molecule has 0 aromatic heterocycles. The molecule has 1 aromatic carbocycles. The van der Waals surface area contributed by atoms with E-state index in [0.29, 0.717) is 12.0 Å². The van der Waals surface area contributed by atoms with Crippen LogP contribution >= 0.6 is 0 Å². The predicted molar refractivity (Wildman–Crippen MR) is 56.5 cm³/mol. The molecule has 0 fully saturated rings. The number of carboxylic acid groups (broad SMARTS) is 1. The topological polar surface area (TPSA) is 37.3 Å². The van der Waals surface area contributed by atoms with E-state index in [9.17, 15) is 18.0 Å². The van der Waals surface area contributed by atoms with Crippen molar-refractivity contribution < 1.29 is 23.1 Å². The van der Waals surface area contributed by atoms with Crippen LogP contribution in [0.25, 0.3) is 0 Å². The number of halogens is 3. The monoisotopic (exact) mass is 244 g/mol. The summed E-state index contributed by atoms with van der Waals surface area (Å²) in [7, 11) is 0. The Morgan fingerprint density at radius 3 is 2.18 bits per heavy atom. The van der Waals surface area contributed by atoms with Gasteiger partial charge in [-0.15, -0.1) is 0 Å². The van der Waals surface area contributed by atoms with Crippen LogP contribution in [0.15, 0.2) is 36.4 Å². The second-order valence-electron chi connectivity index (χ2n) is 3.60. The Morgan fingerprint density at radius 2 is 1.76 bits per heavy atom. The first-order valence-electron chi connectivity index (χ1n) is 4.88. The smallest absolute Gasteiger partial charge is 0.416 e. The minimum absolute atomic E-state index is 0.0462. The van der Waals surface area contributed by atoms with Gasteiger partial charge in [0, 0.05) is 5.57 Å². The molecule has 0 saturated carbocycles. The van der Waals surface area contributed by atoms with Gasteiger partial charge in [0.25, 0.3) is 0 Å². The normalized spacial score (nSPS) is 11.2. The van der Waals surface area contributed by atoms with Crippen LogP contribution in [-0.4, -0.2) is 11.1 Å². The molecule has 0 radical (unpaired) electrons. The SMILES string of the molecule is C=C(CCc1ccc(C(F)(F)F)cc1)C(=O)O. The Kier molecular flexibility index (Phi) is 3.93. The molecular formula is C12H11F3O2. The molecule has 0 heterocycles. The highest BCUT2D eigenvalue weighted by Crippen LogP contribution is 2.29. The van der Waals surface area contributed by atoms with Crippen LogP contribution in [0, 0.1) is 0 Å². The number of benzene rings is 1. The molecule has 0 atom stereocenters. The van der Waals surface area contributed by atoms with Gasteiger partial charge < -0.3 is 5.11 Å². The Labute approximate surface area is 96.4 Å². The maximum Gasteiger partial charge on any atom is 0.416 e. The van der Waals surface area contributed by atoms with Gasteiger partial charge in [-0.2, -0.15) is 13.2 Å². The van der Waals surface area contributed by atoms with Crippen LogP contribution in [0.4, 0.5) is 13.2 Å². The van der Waals surface area contributed by atoms with Crippen molar-refractivity contribution in [3.63, 3.8) is 0 Å². The summed E-state index contributed by atoms with van der Waals surface area (Å²) in [4.78, 5) is 10.5. The minimum atomic E-state index is -4.34. The summed E-state index contributed by atoms with van der Waals surface area (Å²) in [6, 6.07) is 4.66. The number of hydrogen-bond acceptors (Lipinski definition) is 1. The lowest BCUT2D eigenvalue weighted by Crippen LogP contribution is -2.05. The Hall–Kier alpha value is -1.78. The van der Waals surface area contributed by atoms with Gasteiger partial charge in [0.05, 0.1) is 5.56 Å². The lowest BCUT2D eigenvalue weighted by atomic mass is 10.0. The van der Waals surface area contributed by atoms with E-state index in [4.69, 9.17) is 5.11 Å². The summed E-state index contributed by atoms with van der Waals surface area (Å²) >= 11 is 0. The third-order valence-corrected chi connectivity index (χ3v) is 2.30. The Balaban J connectivity index is 2.63. The highest BCUT2D eigenvalue weighted by molar-refractivity contribution is 5.85. The fraction of sp³-hybridized carbons (Fsp3) is 0.250. The van der Waals surface area contributed by atoms with E-state index in [0.717, 1.165) is 12.1 Å². The minimum Gasteiger partial charge on any atom is -0.478 e. The Bertz CT molecular complexity index is 418. The average molecular weight is 244 g/mol. The number of carbonyl (C=O) groups is 1. The average Bonchev–Trinajstić information content (AvgIpc) is 2.25. The van der Waals surface area contributed by atoms with Gasteiger partial charge in [-0.1, -0.05) is 18.7 Å². The molecule has 0 unspecified atom stereocenters. The molecule has 0 spiro atoms. The standard InChI is InChI=1S/C12H11F3O2/c1-8(11(16)17)2-3-9-4-6-10(7-5-9)12(13,14)15/h4-7H,1-3H2,(H,16,17). The largest absolute Gasteiger partial charge is 0.478 e. The molecule has 1 N–H and O–H groups in total. The van der Waals surface area contributed by atoms with Gasteiger partial charge in [0.1, 0.15) is 0 Å². The van der Waals surface area contributed by atoms with Gasteiger partial charge in [-0.05, 0) is 30.5 Å². The van der Waals surface area contributed by atoms with E-state index in [1.807, 2.05) is 0 Å². The lowest BCUT2D eigenvalue weighted by Gasteiger charge is -2.07. The highest BCUT2D eigenvalue weighted by Gasteiger charge is 2.29. The molecule has 0 bridgehead atoms. The summed E-state index contributed by atoms with van der Waals surface area (Å²) in [5.74, 6) is -1.09. The summed E-state index contributed by atoms with van der Waals surface area (Å²) in [5, 5.41) is 8.56. The van der Waals surface area contributed by atoms with Gasteiger partial charge in [0.2, 0.25) is 0 Å².